The monoisotopic (exact) mass is 508 g/mol. The second kappa shape index (κ2) is 12.5. The highest BCUT2D eigenvalue weighted by Crippen LogP contribution is 2.16. The second-order valence-electron chi connectivity index (χ2n) is 5.57. The van der Waals surface area contributed by atoms with Crippen LogP contribution in [0.4, 0.5) is 4.39 Å². The maximum Gasteiger partial charge on any atom is 0.191 e. The Kier molecular flexibility index (Phi) is 11.1. The molecule has 0 fully saturated rings. The molecule has 0 saturated carbocycles. The van der Waals surface area contributed by atoms with E-state index in [9.17, 15) is 4.39 Å². The summed E-state index contributed by atoms with van der Waals surface area (Å²) in [6.45, 7) is 5.73. The van der Waals surface area contributed by atoms with E-state index in [2.05, 4.69) is 27.5 Å². The van der Waals surface area contributed by atoms with Gasteiger partial charge in [0.2, 0.25) is 0 Å². The molecule has 0 saturated heterocycles. The minimum atomic E-state index is -0.131. The predicted octanol–water partition coefficient (Wildman–Crippen LogP) is 4.16. The Labute approximate surface area is 180 Å². The minimum absolute atomic E-state index is 0. The molecule has 2 aromatic rings. The molecule has 0 aliphatic rings. The highest BCUT2D eigenvalue weighted by Gasteiger charge is 2.04. The summed E-state index contributed by atoms with van der Waals surface area (Å²) >= 11 is 3.46. The van der Waals surface area contributed by atoms with Gasteiger partial charge in [-0.3, -0.25) is 4.99 Å². The summed E-state index contributed by atoms with van der Waals surface area (Å²) in [6, 6.07) is 6.92. The molecule has 0 radical (unpaired) electrons. The summed E-state index contributed by atoms with van der Waals surface area (Å²) in [4.78, 5) is 10.0. The van der Waals surface area contributed by atoms with Crippen LogP contribution < -0.4 is 10.6 Å². The van der Waals surface area contributed by atoms with Gasteiger partial charge >= 0.3 is 0 Å². The average molecular weight is 508 g/mol. The molecule has 0 bridgehead atoms. The van der Waals surface area contributed by atoms with Gasteiger partial charge in [0.05, 0.1) is 10.7 Å². The van der Waals surface area contributed by atoms with Gasteiger partial charge in [0, 0.05) is 42.9 Å². The molecule has 1 aromatic heterocycles. The Hall–Kier alpha value is -0.870. The zero-order valence-corrected chi connectivity index (χ0v) is 19.3. The number of nitrogens with zero attached hydrogens (tertiary/aromatic N) is 2. The third kappa shape index (κ3) is 7.79. The number of rotatable bonds is 8. The first-order valence-electron chi connectivity index (χ1n) is 8.28. The average Bonchev–Trinajstić information content (AvgIpc) is 2.92. The lowest BCUT2D eigenvalue weighted by Crippen LogP contribution is -2.39. The van der Waals surface area contributed by atoms with Gasteiger partial charge in [0.25, 0.3) is 0 Å². The van der Waals surface area contributed by atoms with Crippen LogP contribution in [0.5, 0.6) is 0 Å². The van der Waals surface area contributed by atoms with Crippen LogP contribution in [0, 0.1) is 19.7 Å². The third-order valence-electron chi connectivity index (χ3n) is 3.68. The van der Waals surface area contributed by atoms with Crippen LogP contribution in [0.3, 0.4) is 0 Å². The van der Waals surface area contributed by atoms with Crippen molar-refractivity contribution >= 4 is 53.0 Å². The molecule has 144 valence electrons. The normalized spacial score (nSPS) is 11.2. The highest BCUT2D eigenvalue weighted by atomic mass is 127. The molecule has 0 unspecified atom stereocenters. The number of thioether (sulfide) groups is 1. The number of aliphatic imine (C=N–C) groups is 1. The summed E-state index contributed by atoms with van der Waals surface area (Å²) in [5.41, 5.74) is 1.87. The lowest BCUT2D eigenvalue weighted by atomic mass is 10.2. The number of hydrogen-bond acceptors (Lipinski definition) is 4. The van der Waals surface area contributed by atoms with Crippen molar-refractivity contribution in [2.75, 3.05) is 25.9 Å². The second-order valence-corrected chi connectivity index (χ2v) is 7.96. The van der Waals surface area contributed by atoms with Crippen molar-refractivity contribution in [3.63, 3.8) is 0 Å². The first kappa shape index (κ1) is 23.2. The molecule has 0 aliphatic carbocycles. The fourth-order valence-electron chi connectivity index (χ4n) is 2.19. The molecule has 4 nitrogen and oxygen atoms in total. The summed E-state index contributed by atoms with van der Waals surface area (Å²) < 4.78 is 13.5. The van der Waals surface area contributed by atoms with E-state index < -0.39 is 0 Å². The molecule has 0 aliphatic heterocycles. The van der Waals surface area contributed by atoms with Crippen molar-refractivity contribution in [3.8, 4) is 0 Å². The summed E-state index contributed by atoms with van der Waals surface area (Å²) in [6.07, 6.45) is 0.891. The van der Waals surface area contributed by atoms with Crippen LogP contribution in [0.2, 0.25) is 0 Å². The number of nitrogens with one attached hydrogen (secondary N) is 2. The van der Waals surface area contributed by atoms with Crippen molar-refractivity contribution in [1.82, 2.24) is 15.6 Å². The van der Waals surface area contributed by atoms with Crippen molar-refractivity contribution in [2.45, 2.75) is 26.0 Å². The Morgan fingerprint density at radius 3 is 2.62 bits per heavy atom. The van der Waals surface area contributed by atoms with E-state index in [1.165, 1.54) is 10.9 Å². The van der Waals surface area contributed by atoms with Gasteiger partial charge in [-0.25, -0.2) is 9.37 Å². The number of hydrogen-bond donors (Lipinski definition) is 2. The van der Waals surface area contributed by atoms with Gasteiger partial charge in [-0.05, 0) is 25.5 Å². The van der Waals surface area contributed by atoms with Crippen molar-refractivity contribution in [3.05, 3.63) is 51.2 Å². The van der Waals surface area contributed by atoms with Gasteiger partial charge in [0.1, 0.15) is 5.82 Å². The van der Waals surface area contributed by atoms with Crippen LogP contribution in [-0.4, -0.2) is 36.8 Å². The van der Waals surface area contributed by atoms with E-state index in [1.54, 1.807) is 36.2 Å². The van der Waals surface area contributed by atoms with Crippen molar-refractivity contribution < 1.29 is 4.39 Å². The van der Waals surface area contributed by atoms with Gasteiger partial charge in [-0.2, -0.15) is 11.8 Å². The van der Waals surface area contributed by atoms with Crippen LogP contribution >= 0.6 is 47.1 Å². The number of benzene rings is 1. The predicted molar refractivity (Wildman–Crippen MR) is 123 cm³/mol. The number of aryl methyl sites for hydroxylation is 2. The number of halogens is 2. The first-order valence-corrected chi connectivity index (χ1v) is 10.3. The number of aromatic nitrogens is 1. The molecule has 0 spiro atoms. The molecule has 26 heavy (non-hydrogen) atoms. The van der Waals surface area contributed by atoms with Crippen molar-refractivity contribution in [1.29, 1.82) is 0 Å². The summed E-state index contributed by atoms with van der Waals surface area (Å²) in [7, 11) is 1.76. The Morgan fingerprint density at radius 2 is 1.96 bits per heavy atom. The smallest absolute Gasteiger partial charge is 0.191 e. The molecular formula is C18H26FIN4S2. The van der Waals surface area contributed by atoms with Crippen LogP contribution in [-0.2, 0) is 12.2 Å². The summed E-state index contributed by atoms with van der Waals surface area (Å²) in [5.74, 6) is 2.23. The van der Waals surface area contributed by atoms with E-state index in [-0.39, 0.29) is 29.8 Å². The Bertz CT molecular complexity index is 687. The zero-order chi connectivity index (χ0) is 18.1. The molecule has 2 rings (SSSR count). The van der Waals surface area contributed by atoms with Crippen LogP contribution in [0.25, 0.3) is 0 Å². The molecule has 2 N–H and O–H groups in total. The fraction of sp³-hybridized carbons (Fsp3) is 0.444. The maximum absolute atomic E-state index is 13.5. The van der Waals surface area contributed by atoms with Crippen molar-refractivity contribution in [2.24, 2.45) is 4.99 Å². The highest BCUT2D eigenvalue weighted by molar-refractivity contribution is 14.0. The van der Waals surface area contributed by atoms with E-state index >= 15 is 0 Å². The van der Waals surface area contributed by atoms with Crippen LogP contribution in [0.1, 0.15) is 21.1 Å². The summed E-state index contributed by atoms with van der Waals surface area (Å²) in [5, 5.41) is 7.73. The maximum atomic E-state index is 13.5. The molecule has 8 heteroatoms. The van der Waals surface area contributed by atoms with Gasteiger partial charge < -0.3 is 10.6 Å². The number of thiazole rings is 1. The fourth-order valence-corrected chi connectivity index (χ4v) is 3.97. The third-order valence-corrected chi connectivity index (χ3v) is 5.82. The SMILES string of the molecule is CN=C(NCCSCc1ccccc1F)NCCc1nc(C)c(C)s1.I. The quantitative estimate of drug-likeness (QED) is 0.244. The first-order chi connectivity index (χ1) is 12.1. The largest absolute Gasteiger partial charge is 0.356 e. The van der Waals surface area contributed by atoms with Gasteiger partial charge in [-0.15, -0.1) is 35.3 Å². The van der Waals surface area contributed by atoms with E-state index in [1.807, 2.05) is 19.1 Å². The topological polar surface area (TPSA) is 49.3 Å². The van der Waals surface area contributed by atoms with Gasteiger partial charge in [-0.1, -0.05) is 18.2 Å². The zero-order valence-electron chi connectivity index (χ0n) is 15.3. The minimum Gasteiger partial charge on any atom is -0.356 e. The van der Waals surface area contributed by atoms with Gasteiger partial charge in [0.15, 0.2) is 5.96 Å². The Balaban J connectivity index is 0.00000338. The molecular weight excluding hydrogens is 482 g/mol. The standard InChI is InChI=1S/C18H25FN4S2.HI/c1-13-14(2)25-17(23-13)8-9-21-18(20-3)22-10-11-24-12-15-6-4-5-7-16(15)19;/h4-7H,8-12H2,1-3H3,(H2,20,21,22);1H. The number of guanidine groups is 1. The van der Waals surface area contributed by atoms with E-state index in [4.69, 9.17) is 0 Å². The lowest BCUT2D eigenvalue weighted by Gasteiger charge is -2.11. The van der Waals surface area contributed by atoms with Crippen LogP contribution in [0.15, 0.2) is 29.3 Å². The molecule has 0 amide bonds. The van der Waals surface area contributed by atoms with E-state index in [0.717, 1.165) is 47.5 Å². The molecule has 1 heterocycles. The van der Waals surface area contributed by atoms with E-state index in [0.29, 0.717) is 5.75 Å². The molecule has 1 aromatic carbocycles. The Morgan fingerprint density at radius 1 is 1.23 bits per heavy atom. The molecule has 0 atom stereocenters. The lowest BCUT2D eigenvalue weighted by molar-refractivity contribution is 0.617.